The summed E-state index contributed by atoms with van der Waals surface area (Å²) in [6, 6.07) is 10.2. The number of carbonyl (C=O) groups is 1. The molecule has 0 unspecified atom stereocenters. The van der Waals surface area contributed by atoms with E-state index in [1.807, 2.05) is 24.5 Å². The number of anilines is 1. The molecule has 0 aliphatic carbocycles. The van der Waals surface area contributed by atoms with Gasteiger partial charge in [0, 0.05) is 12.7 Å². The minimum absolute atomic E-state index is 0.326. The smallest absolute Gasteiger partial charge is 0.343 e. The van der Waals surface area contributed by atoms with Crippen LogP contribution in [0.15, 0.2) is 41.7 Å². The Morgan fingerprint density at radius 2 is 2.09 bits per heavy atom. The van der Waals surface area contributed by atoms with E-state index in [1.54, 1.807) is 6.92 Å². The molecule has 0 saturated carbocycles. The fraction of sp³-hybridized carbons (Fsp3) is 0.312. The van der Waals surface area contributed by atoms with E-state index in [0.29, 0.717) is 29.7 Å². The maximum absolute atomic E-state index is 11.9. The van der Waals surface area contributed by atoms with Crippen molar-refractivity contribution in [2.24, 2.45) is 0 Å². The Hall–Kier alpha value is -2.08. The first-order chi connectivity index (χ1) is 10.7. The van der Waals surface area contributed by atoms with Crippen LogP contribution in [0, 0.1) is 0 Å². The van der Waals surface area contributed by atoms with Crippen LogP contribution in [0.25, 0.3) is 0 Å². The number of hydrogen-bond donors (Lipinski definition) is 1. The van der Waals surface area contributed by atoms with Gasteiger partial charge in [0.2, 0.25) is 0 Å². The van der Waals surface area contributed by atoms with Gasteiger partial charge in [0.1, 0.15) is 11.4 Å². The van der Waals surface area contributed by atoms with E-state index >= 15 is 0 Å². The van der Waals surface area contributed by atoms with E-state index in [-0.39, 0.29) is 0 Å². The lowest BCUT2D eigenvalue weighted by atomic mass is 10.1. The normalized spacial score (nSPS) is 10.3. The molecule has 0 bridgehead atoms. The number of rotatable bonds is 7. The van der Waals surface area contributed by atoms with Crippen LogP contribution < -0.4 is 5.32 Å². The zero-order valence-electron chi connectivity index (χ0n) is 12.7. The van der Waals surface area contributed by atoms with E-state index in [2.05, 4.69) is 27.4 Å². The predicted octanol–water partition coefficient (Wildman–Crippen LogP) is 3.03. The minimum Gasteiger partial charge on any atom is -0.462 e. The van der Waals surface area contributed by atoms with Gasteiger partial charge in [-0.1, -0.05) is 42.1 Å². The van der Waals surface area contributed by atoms with Crippen molar-refractivity contribution in [3.05, 3.63) is 47.7 Å². The van der Waals surface area contributed by atoms with Gasteiger partial charge in [-0.05, 0) is 25.2 Å². The fourth-order valence-electron chi connectivity index (χ4n) is 1.93. The van der Waals surface area contributed by atoms with Gasteiger partial charge in [-0.25, -0.2) is 14.8 Å². The van der Waals surface area contributed by atoms with E-state index < -0.39 is 5.97 Å². The van der Waals surface area contributed by atoms with Crippen LogP contribution in [0.4, 0.5) is 5.82 Å². The highest BCUT2D eigenvalue weighted by molar-refractivity contribution is 7.98. The molecule has 22 heavy (non-hydrogen) atoms. The van der Waals surface area contributed by atoms with Gasteiger partial charge in [-0.15, -0.1) is 0 Å². The molecule has 0 aliphatic heterocycles. The maximum Gasteiger partial charge on any atom is 0.343 e. The molecule has 0 saturated heterocycles. The molecule has 1 N–H and O–H groups in total. The molecule has 1 aromatic carbocycles. The zero-order valence-corrected chi connectivity index (χ0v) is 13.5. The van der Waals surface area contributed by atoms with Crippen LogP contribution in [0.3, 0.4) is 0 Å². The highest BCUT2D eigenvalue weighted by Gasteiger charge is 2.15. The summed E-state index contributed by atoms with van der Waals surface area (Å²) in [5.74, 6) is 0.117. The monoisotopic (exact) mass is 317 g/mol. The summed E-state index contributed by atoms with van der Waals surface area (Å²) in [4.78, 5) is 20.5. The van der Waals surface area contributed by atoms with Crippen molar-refractivity contribution in [3.8, 4) is 0 Å². The molecule has 0 radical (unpaired) electrons. The van der Waals surface area contributed by atoms with Gasteiger partial charge in [-0.2, -0.15) is 0 Å². The molecule has 0 atom stereocenters. The third-order valence-electron chi connectivity index (χ3n) is 2.99. The molecule has 1 heterocycles. The van der Waals surface area contributed by atoms with Crippen LogP contribution in [0.1, 0.15) is 22.8 Å². The van der Waals surface area contributed by atoms with E-state index in [9.17, 15) is 4.79 Å². The van der Waals surface area contributed by atoms with Gasteiger partial charge in [0.15, 0.2) is 5.16 Å². The van der Waals surface area contributed by atoms with Gasteiger partial charge in [-0.3, -0.25) is 0 Å². The summed E-state index contributed by atoms with van der Waals surface area (Å²) in [5.41, 5.74) is 1.60. The number of ether oxygens (including phenoxy) is 1. The summed E-state index contributed by atoms with van der Waals surface area (Å²) >= 11 is 1.43. The summed E-state index contributed by atoms with van der Waals surface area (Å²) < 4.78 is 5.04. The Balaban J connectivity index is 2.08. The molecule has 116 valence electrons. The van der Waals surface area contributed by atoms with Crippen molar-refractivity contribution in [1.82, 2.24) is 9.97 Å². The highest BCUT2D eigenvalue weighted by atomic mass is 32.2. The second-order valence-corrected chi connectivity index (χ2v) is 5.28. The van der Waals surface area contributed by atoms with Crippen LogP contribution >= 0.6 is 11.8 Å². The summed E-state index contributed by atoms with van der Waals surface area (Å²) in [6.07, 6.45) is 4.26. The Morgan fingerprint density at radius 3 is 2.77 bits per heavy atom. The summed E-state index contributed by atoms with van der Waals surface area (Å²) in [5, 5.41) is 3.83. The maximum atomic E-state index is 11.9. The number of nitrogens with zero attached hydrogens (tertiary/aromatic N) is 2. The molecular formula is C16H19N3O2S. The molecule has 0 fully saturated rings. The van der Waals surface area contributed by atoms with E-state index in [4.69, 9.17) is 4.74 Å². The van der Waals surface area contributed by atoms with Crippen molar-refractivity contribution in [1.29, 1.82) is 0 Å². The van der Waals surface area contributed by atoms with Crippen molar-refractivity contribution in [2.75, 3.05) is 24.7 Å². The SMILES string of the molecule is CCOC(=O)c1cnc(SC)nc1NCCc1ccccc1. The molecular weight excluding hydrogens is 298 g/mol. The largest absolute Gasteiger partial charge is 0.462 e. The lowest BCUT2D eigenvalue weighted by Crippen LogP contribution is -2.14. The molecule has 5 nitrogen and oxygen atoms in total. The molecule has 2 aromatic rings. The first-order valence-electron chi connectivity index (χ1n) is 7.10. The number of benzene rings is 1. The van der Waals surface area contributed by atoms with E-state index in [0.717, 1.165) is 6.42 Å². The third-order valence-corrected chi connectivity index (χ3v) is 3.56. The molecule has 0 spiro atoms. The standard InChI is InChI=1S/C16H19N3O2S/c1-3-21-15(20)13-11-18-16(22-2)19-14(13)17-10-9-12-7-5-4-6-8-12/h4-8,11H,3,9-10H2,1-2H3,(H,17,18,19). The molecule has 2 rings (SSSR count). The number of carbonyl (C=O) groups excluding carboxylic acids is 1. The second kappa shape index (κ2) is 8.38. The Labute approximate surface area is 134 Å². The molecule has 0 aliphatic rings. The topological polar surface area (TPSA) is 64.1 Å². The van der Waals surface area contributed by atoms with Gasteiger partial charge < -0.3 is 10.1 Å². The number of nitrogens with one attached hydrogen (secondary N) is 1. The predicted molar refractivity (Wildman–Crippen MR) is 88.4 cm³/mol. The van der Waals surface area contributed by atoms with Crippen LogP contribution in [0.5, 0.6) is 0 Å². The molecule has 1 aromatic heterocycles. The number of hydrogen-bond acceptors (Lipinski definition) is 6. The Kier molecular flexibility index (Phi) is 6.21. The second-order valence-electron chi connectivity index (χ2n) is 4.50. The summed E-state index contributed by atoms with van der Waals surface area (Å²) in [6.45, 7) is 2.78. The van der Waals surface area contributed by atoms with Crippen LogP contribution in [-0.2, 0) is 11.2 Å². The van der Waals surface area contributed by atoms with Crippen molar-refractivity contribution < 1.29 is 9.53 Å². The van der Waals surface area contributed by atoms with Gasteiger partial charge in [0.05, 0.1) is 6.61 Å². The van der Waals surface area contributed by atoms with Crippen LogP contribution in [-0.4, -0.2) is 35.3 Å². The van der Waals surface area contributed by atoms with Crippen molar-refractivity contribution in [3.63, 3.8) is 0 Å². The number of thioether (sulfide) groups is 1. The first kappa shape index (κ1) is 16.3. The Morgan fingerprint density at radius 1 is 1.32 bits per heavy atom. The minimum atomic E-state index is -0.405. The quantitative estimate of drug-likeness (QED) is 0.481. The van der Waals surface area contributed by atoms with Crippen molar-refractivity contribution in [2.45, 2.75) is 18.5 Å². The zero-order chi connectivity index (χ0) is 15.8. The number of aromatic nitrogens is 2. The lowest BCUT2D eigenvalue weighted by molar-refractivity contribution is 0.0526. The van der Waals surface area contributed by atoms with E-state index in [1.165, 1.54) is 23.5 Å². The third kappa shape index (κ3) is 4.46. The molecule has 0 amide bonds. The summed E-state index contributed by atoms with van der Waals surface area (Å²) in [7, 11) is 0. The first-order valence-corrected chi connectivity index (χ1v) is 8.33. The van der Waals surface area contributed by atoms with Gasteiger partial charge in [0.25, 0.3) is 0 Å². The average molecular weight is 317 g/mol. The lowest BCUT2D eigenvalue weighted by Gasteiger charge is -2.11. The molecule has 6 heteroatoms. The van der Waals surface area contributed by atoms with Gasteiger partial charge >= 0.3 is 5.97 Å². The number of esters is 1. The highest BCUT2D eigenvalue weighted by Crippen LogP contribution is 2.17. The average Bonchev–Trinajstić information content (AvgIpc) is 2.56. The van der Waals surface area contributed by atoms with Crippen molar-refractivity contribution >= 4 is 23.5 Å². The van der Waals surface area contributed by atoms with Crippen LogP contribution in [0.2, 0.25) is 0 Å². The fourth-order valence-corrected chi connectivity index (χ4v) is 2.27. The Bertz CT molecular complexity index is 620.